The molecule has 0 aliphatic heterocycles. The van der Waals surface area contributed by atoms with Crippen molar-refractivity contribution < 1.29 is 0 Å². The van der Waals surface area contributed by atoms with E-state index in [1.54, 1.807) is 0 Å². The first-order valence-electron chi connectivity index (χ1n) is 13.5. The Labute approximate surface area is 229 Å². The fourth-order valence-electron chi connectivity index (χ4n) is 6.44. The zero-order chi connectivity index (χ0) is 26.2. The summed E-state index contributed by atoms with van der Waals surface area (Å²) in [6, 6.07) is 45.1. The predicted molar refractivity (Wildman–Crippen MR) is 166 cm³/mol. The Kier molecular flexibility index (Phi) is 4.30. The smallest absolute Gasteiger partial charge is 0.235 e. The summed E-state index contributed by atoms with van der Waals surface area (Å²) in [5.41, 5.74) is 6.60. The van der Waals surface area contributed by atoms with Crippen molar-refractivity contribution in [3.63, 3.8) is 0 Å². The van der Waals surface area contributed by atoms with Crippen LogP contribution in [0.15, 0.2) is 134 Å². The lowest BCUT2D eigenvalue weighted by molar-refractivity contribution is 1.01. The summed E-state index contributed by atoms with van der Waals surface area (Å²) < 4.78 is 4.66. The minimum Gasteiger partial charge on any atom is -0.307 e. The van der Waals surface area contributed by atoms with Gasteiger partial charge in [0.25, 0.3) is 0 Å². The summed E-state index contributed by atoms with van der Waals surface area (Å²) in [5, 5.41) is 8.37. The summed E-state index contributed by atoms with van der Waals surface area (Å²) in [6.07, 6.45) is 1.93. The standard InChI is InChI=1S/C36H22N4/c1-2-12-25(13-3-1)39-32-21-18-23-10-4-6-14-26(23)33(32)29-20-19-28-27-15-7-9-17-31(27)40(34(28)35(29)39)36-37-22-24-11-5-8-16-30(24)38-36/h1-22H. The number of hydrogen-bond acceptors (Lipinski definition) is 2. The SMILES string of the molecule is c1ccc(-n2c3ccc4ccccc4c3c3ccc4c5ccccc5n(-c5ncc6ccccc6n5)c4c32)cc1. The minimum absolute atomic E-state index is 0.673. The third-order valence-electron chi connectivity index (χ3n) is 8.14. The summed E-state index contributed by atoms with van der Waals surface area (Å²) in [7, 11) is 0. The van der Waals surface area contributed by atoms with Crippen LogP contribution in [-0.4, -0.2) is 19.1 Å². The number of aromatic nitrogens is 4. The van der Waals surface area contributed by atoms with E-state index in [1.165, 1.54) is 37.8 Å². The van der Waals surface area contributed by atoms with Crippen LogP contribution in [0.2, 0.25) is 0 Å². The average molecular weight is 511 g/mol. The third kappa shape index (κ3) is 2.85. The number of benzene rings is 6. The van der Waals surface area contributed by atoms with E-state index in [4.69, 9.17) is 9.97 Å². The van der Waals surface area contributed by atoms with E-state index in [9.17, 15) is 0 Å². The molecule has 9 aromatic rings. The topological polar surface area (TPSA) is 35.6 Å². The van der Waals surface area contributed by atoms with E-state index >= 15 is 0 Å². The molecule has 9 rings (SSSR count). The molecule has 0 aliphatic carbocycles. The highest BCUT2D eigenvalue weighted by Crippen LogP contribution is 2.43. The van der Waals surface area contributed by atoms with Gasteiger partial charge < -0.3 is 4.57 Å². The lowest BCUT2D eigenvalue weighted by atomic mass is 10.0. The van der Waals surface area contributed by atoms with Gasteiger partial charge in [-0.15, -0.1) is 0 Å². The second-order valence-corrected chi connectivity index (χ2v) is 10.3. The van der Waals surface area contributed by atoms with Gasteiger partial charge in [-0.05, 0) is 41.1 Å². The van der Waals surface area contributed by atoms with Crippen LogP contribution in [0.1, 0.15) is 0 Å². The fourth-order valence-corrected chi connectivity index (χ4v) is 6.44. The highest BCUT2D eigenvalue weighted by molar-refractivity contribution is 6.28. The Hall–Kier alpha value is -5.48. The van der Waals surface area contributed by atoms with Gasteiger partial charge in [0.2, 0.25) is 5.95 Å². The van der Waals surface area contributed by atoms with Crippen molar-refractivity contribution >= 4 is 65.3 Å². The molecule has 6 aromatic carbocycles. The van der Waals surface area contributed by atoms with Gasteiger partial charge in [0.15, 0.2) is 0 Å². The van der Waals surface area contributed by atoms with E-state index in [0.717, 1.165) is 33.1 Å². The molecule has 0 saturated heterocycles. The molecular weight excluding hydrogens is 488 g/mol. The van der Waals surface area contributed by atoms with Crippen LogP contribution < -0.4 is 0 Å². The molecule has 0 N–H and O–H groups in total. The van der Waals surface area contributed by atoms with Gasteiger partial charge in [0, 0.05) is 38.8 Å². The Balaban J connectivity index is 1.56. The van der Waals surface area contributed by atoms with Crippen LogP contribution in [0.5, 0.6) is 0 Å². The minimum atomic E-state index is 0.673. The molecule has 0 unspecified atom stereocenters. The van der Waals surface area contributed by atoms with Crippen molar-refractivity contribution in [1.29, 1.82) is 0 Å². The molecule has 0 radical (unpaired) electrons. The van der Waals surface area contributed by atoms with E-state index < -0.39 is 0 Å². The highest BCUT2D eigenvalue weighted by Gasteiger charge is 2.22. The zero-order valence-corrected chi connectivity index (χ0v) is 21.5. The number of rotatable bonds is 2. The lowest BCUT2D eigenvalue weighted by Gasteiger charge is -2.11. The van der Waals surface area contributed by atoms with Crippen molar-refractivity contribution in [1.82, 2.24) is 19.1 Å². The van der Waals surface area contributed by atoms with Crippen LogP contribution in [0, 0.1) is 0 Å². The number of nitrogens with zero attached hydrogens (tertiary/aromatic N) is 4. The molecule has 3 heterocycles. The van der Waals surface area contributed by atoms with Gasteiger partial charge in [-0.3, -0.25) is 4.57 Å². The molecule has 0 atom stereocenters. The second kappa shape index (κ2) is 8.01. The summed E-state index contributed by atoms with van der Waals surface area (Å²) in [4.78, 5) is 9.98. The normalized spacial score (nSPS) is 12.0. The fraction of sp³-hybridized carbons (Fsp3) is 0. The van der Waals surface area contributed by atoms with Crippen molar-refractivity contribution in [2.45, 2.75) is 0 Å². The molecule has 0 bridgehead atoms. The Morgan fingerprint density at radius 3 is 2.05 bits per heavy atom. The summed E-state index contributed by atoms with van der Waals surface area (Å²) in [5.74, 6) is 0.673. The van der Waals surface area contributed by atoms with E-state index in [-0.39, 0.29) is 0 Å². The van der Waals surface area contributed by atoms with Crippen molar-refractivity contribution in [3.8, 4) is 11.6 Å². The quantitative estimate of drug-likeness (QED) is 0.233. The van der Waals surface area contributed by atoms with Crippen LogP contribution >= 0.6 is 0 Å². The average Bonchev–Trinajstić information content (AvgIpc) is 3.54. The van der Waals surface area contributed by atoms with E-state index in [2.05, 4.69) is 124 Å². The first-order chi connectivity index (χ1) is 19.9. The summed E-state index contributed by atoms with van der Waals surface area (Å²) >= 11 is 0. The van der Waals surface area contributed by atoms with Crippen molar-refractivity contribution in [3.05, 3.63) is 134 Å². The molecule has 0 aliphatic rings. The molecular formula is C36H22N4. The maximum Gasteiger partial charge on any atom is 0.235 e. The molecule has 186 valence electrons. The third-order valence-corrected chi connectivity index (χ3v) is 8.14. The van der Waals surface area contributed by atoms with Crippen LogP contribution in [0.4, 0.5) is 0 Å². The van der Waals surface area contributed by atoms with Gasteiger partial charge >= 0.3 is 0 Å². The van der Waals surface area contributed by atoms with Crippen LogP contribution in [0.25, 0.3) is 76.9 Å². The largest absolute Gasteiger partial charge is 0.307 e. The second-order valence-electron chi connectivity index (χ2n) is 10.3. The van der Waals surface area contributed by atoms with Gasteiger partial charge in [-0.1, -0.05) is 97.1 Å². The zero-order valence-electron chi connectivity index (χ0n) is 21.5. The number of hydrogen-bond donors (Lipinski definition) is 0. The highest BCUT2D eigenvalue weighted by atomic mass is 15.2. The molecule has 0 saturated carbocycles. The van der Waals surface area contributed by atoms with Gasteiger partial charge in [-0.25, -0.2) is 9.97 Å². The number of para-hydroxylation sites is 3. The summed E-state index contributed by atoms with van der Waals surface area (Å²) in [6.45, 7) is 0. The maximum absolute atomic E-state index is 5.07. The van der Waals surface area contributed by atoms with Crippen LogP contribution in [0.3, 0.4) is 0 Å². The van der Waals surface area contributed by atoms with Crippen molar-refractivity contribution in [2.24, 2.45) is 0 Å². The predicted octanol–water partition coefficient (Wildman–Crippen LogP) is 8.98. The number of fused-ring (bicyclic) bond motifs is 10. The van der Waals surface area contributed by atoms with E-state index in [0.29, 0.717) is 5.95 Å². The molecule has 0 fully saturated rings. The lowest BCUT2D eigenvalue weighted by Crippen LogP contribution is -2.02. The Morgan fingerprint density at radius 1 is 0.450 bits per heavy atom. The van der Waals surface area contributed by atoms with Gasteiger partial charge in [-0.2, -0.15) is 0 Å². The maximum atomic E-state index is 5.07. The van der Waals surface area contributed by atoms with Crippen molar-refractivity contribution in [2.75, 3.05) is 0 Å². The first-order valence-corrected chi connectivity index (χ1v) is 13.5. The molecule has 3 aromatic heterocycles. The molecule has 0 amide bonds. The van der Waals surface area contributed by atoms with Crippen LogP contribution in [-0.2, 0) is 0 Å². The molecule has 40 heavy (non-hydrogen) atoms. The Bertz CT molecular complexity index is 2430. The van der Waals surface area contributed by atoms with Gasteiger partial charge in [0.1, 0.15) is 0 Å². The molecule has 4 nitrogen and oxygen atoms in total. The monoisotopic (exact) mass is 510 g/mol. The molecule has 4 heteroatoms. The van der Waals surface area contributed by atoms with Gasteiger partial charge in [0.05, 0.1) is 27.6 Å². The molecule has 0 spiro atoms. The first kappa shape index (κ1) is 21.5. The van der Waals surface area contributed by atoms with E-state index in [1.807, 2.05) is 18.3 Å². The Morgan fingerprint density at radius 2 is 1.15 bits per heavy atom.